The van der Waals surface area contributed by atoms with Crippen molar-refractivity contribution in [1.29, 1.82) is 0 Å². The molecule has 1 aliphatic heterocycles. The van der Waals surface area contributed by atoms with Crippen molar-refractivity contribution in [2.24, 2.45) is 11.8 Å². The van der Waals surface area contributed by atoms with E-state index in [0.717, 1.165) is 38.2 Å². The molecule has 1 aromatic carbocycles. The average Bonchev–Trinajstić information content (AvgIpc) is 2.58. The number of carbonyl (C=O) groups is 1. The largest absolute Gasteiger partial charge is 0.492 e. The quantitative estimate of drug-likeness (QED) is 0.840. The Morgan fingerprint density at radius 1 is 1.22 bits per heavy atom. The van der Waals surface area contributed by atoms with Crippen LogP contribution >= 0.6 is 0 Å². The first-order valence-electron chi connectivity index (χ1n) is 8.76. The molecule has 4 nitrogen and oxygen atoms in total. The lowest BCUT2D eigenvalue weighted by atomic mass is 9.95. The van der Waals surface area contributed by atoms with Crippen molar-refractivity contribution in [3.05, 3.63) is 30.3 Å². The molecule has 1 fully saturated rings. The highest BCUT2D eigenvalue weighted by molar-refractivity contribution is 5.78. The molecule has 0 aliphatic carbocycles. The number of hydrogen-bond donors (Lipinski definition) is 1. The number of piperidine rings is 1. The molecular formula is C19H30N2O2. The predicted octanol–water partition coefficient (Wildman–Crippen LogP) is 2.94. The lowest BCUT2D eigenvalue weighted by molar-refractivity contribution is -0.135. The maximum absolute atomic E-state index is 12.0. The van der Waals surface area contributed by atoms with E-state index in [9.17, 15) is 4.79 Å². The first kappa shape index (κ1) is 17.8. The molecule has 1 N–H and O–H groups in total. The van der Waals surface area contributed by atoms with Gasteiger partial charge in [0.2, 0.25) is 5.91 Å². The van der Waals surface area contributed by atoms with Gasteiger partial charge >= 0.3 is 0 Å². The van der Waals surface area contributed by atoms with E-state index >= 15 is 0 Å². The Hall–Kier alpha value is -1.55. The van der Waals surface area contributed by atoms with Crippen LogP contribution in [0.2, 0.25) is 0 Å². The fraction of sp³-hybridized carbons (Fsp3) is 0.632. The molecule has 0 saturated carbocycles. The van der Waals surface area contributed by atoms with E-state index in [2.05, 4.69) is 12.2 Å². The Labute approximate surface area is 140 Å². The van der Waals surface area contributed by atoms with Gasteiger partial charge < -0.3 is 15.0 Å². The maximum atomic E-state index is 12.0. The number of hydrogen-bond acceptors (Lipinski definition) is 3. The minimum Gasteiger partial charge on any atom is -0.492 e. The van der Waals surface area contributed by atoms with Gasteiger partial charge in [0.15, 0.2) is 0 Å². The highest BCUT2D eigenvalue weighted by Gasteiger charge is 2.24. The van der Waals surface area contributed by atoms with Crippen LogP contribution in [0.4, 0.5) is 0 Å². The van der Waals surface area contributed by atoms with Crippen LogP contribution in [0, 0.1) is 11.8 Å². The van der Waals surface area contributed by atoms with Crippen molar-refractivity contribution in [1.82, 2.24) is 10.2 Å². The fourth-order valence-corrected chi connectivity index (χ4v) is 2.89. The third-order valence-corrected chi connectivity index (χ3v) is 4.42. The average molecular weight is 318 g/mol. The molecule has 0 spiro atoms. The van der Waals surface area contributed by atoms with Crippen LogP contribution in [0.1, 0.15) is 33.6 Å². The lowest BCUT2D eigenvalue weighted by Crippen LogP contribution is -2.44. The van der Waals surface area contributed by atoms with E-state index in [0.29, 0.717) is 24.5 Å². The molecule has 1 saturated heterocycles. The zero-order valence-electron chi connectivity index (χ0n) is 14.6. The molecule has 1 amide bonds. The number of benzene rings is 1. The van der Waals surface area contributed by atoms with Crippen molar-refractivity contribution in [2.45, 2.75) is 39.7 Å². The summed E-state index contributed by atoms with van der Waals surface area (Å²) in [7, 11) is 0. The molecule has 0 radical (unpaired) electrons. The molecule has 2 rings (SSSR count). The number of nitrogens with zero attached hydrogens (tertiary/aromatic N) is 1. The third kappa shape index (κ3) is 5.87. The zero-order chi connectivity index (χ0) is 16.7. The summed E-state index contributed by atoms with van der Waals surface area (Å²) in [6, 6.07) is 10.2. The van der Waals surface area contributed by atoms with E-state index < -0.39 is 0 Å². The van der Waals surface area contributed by atoms with Gasteiger partial charge in [-0.1, -0.05) is 32.0 Å². The predicted molar refractivity (Wildman–Crippen MR) is 93.5 cm³/mol. The van der Waals surface area contributed by atoms with Crippen LogP contribution in [0.15, 0.2) is 30.3 Å². The standard InChI is InChI=1S/C19H30N2O2/c1-15(2)19(22)21-11-9-17(10-12-21)13-20-16(3)14-23-18-7-5-4-6-8-18/h4-8,15-17,20H,9-14H2,1-3H3/t16-/m0/s1. The number of likely N-dealkylation sites (tertiary alicyclic amines) is 1. The fourth-order valence-electron chi connectivity index (χ4n) is 2.89. The molecular weight excluding hydrogens is 288 g/mol. The minimum absolute atomic E-state index is 0.111. The van der Waals surface area contributed by atoms with Crippen LogP contribution in [0.25, 0.3) is 0 Å². The molecule has 0 bridgehead atoms. The monoisotopic (exact) mass is 318 g/mol. The number of nitrogens with one attached hydrogen (secondary N) is 1. The first-order valence-corrected chi connectivity index (χ1v) is 8.76. The summed E-state index contributed by atoms with van der Waals surface area (Å²) in [6.07, 6.45) is 2.19. The second-order valence-corrected chi connectivity index (χ2v) is 6.86. The van der Waals surface area contributed by atoms with E-state index in [1.807, 2.05) is 49.1 Å². The van der Waals surface area contributed by atoms with Gasteiger partial charge in [-0.25, -0.2) is 0 Å². The van der Waals surface area contributed by atoms with Gasteiger partial charge in [0, 0.05) is 25.0 Å². The molecule has 1 heterocycles. The van der Waals surface area contributed by atoms with Gasteiger partial charge in [-0.2, -0.15) is 0 Å². The summed E-state index contributed by atoms with van der Waals surface area (Å²) in [5.74, 6) is 1.98. The molecule has 0 unspecified atom stereocenters. The van der Waals surface area contributed by atoms with Crippen LogP contribution in [-0.2, 0) is 4.79 Å². The summed E-state index contributed by atoms with van der Waals surface area (Å²) in [6.45, 7) is 9.59. The number of ether oxygens (including phenoxy) is 1. The van der Waals surface area contributed by atoms with Crippen LogP contribution in [0.5, 0.6) is 5.75 Å². The highest BCUT2D eigenvalue weighted by atomic mass is 16.5. The summed E-state index contributed by atoms with van der Waals surface area (Å²) in [4.78, 5) is 14.0. The van der Waals surface area contributed by atoms with E-state index in [1.54, 1.807) is 0 Å². The summed E-state index contributed by atoms with van der Waals surface area (Å²) in [5.41, 5.74) is 0. The van der Waals surface area contributed by atoms with Crippen LogP contribution in [-0.4, -0.2) is 43.1 Å². The SMILES string of the molecule is CC(C)C(=O)N1CCC(CN[C@@H](C)COc2ccccc2)CC1. The van der Waals surface area contributed by atoms with Crippen LogP contribution in [0.3, 0.4) is 0 Å². The first-order chi connectivity index (χ1) is 11.1. The number of para-hydroxylation sites is 1. The van der Waals surface area contributed by atoms with Gasteiger partial charge in [0.05, 0.1) is 0 Å². The van der Waals surface area contributed by atoms with Crippen molar-refractivity contribution >= 4 is 5.91 Å². The Kier molecular flexibility index (Phi) is 6.90. The van der Waals surface area contributed by atoms with Gasteiger partial charge in [0.1, 0.15) is 12.4 Å². The summed E-state index contributed by atoms with van der Waals surface area (Å²) in [5, 5.41) is 3.56. The van der Waals surface area contributed by atoms with Gasteiger partial charge in [-0.3, -0.25) is 4.79 Å². The summed E-state index contributed by atoms with van der Waals surface area (Å²) >= 11 is 0. The van der Waals surface area contributed by atoms with E-state index in [1.165, 1.54) is 0 Å². The number of rotatable bonds is 7. The Bertz CT molecular complexity index is 468. The molecule has 128 valence electrons. The smallest absolute Gasteiger partial charge is 0.225 e. The van der Waals surface area contributed by atoms with Crippen LogP contribution < -0.4 is 10.1 Å². The molecule has 0 aromatic heterocycles. The van der Waals surface area contributed by atoms with Crippen molar-refractivity contribution in [3.8, 4) is 5.75 Å². The Balaban J connectivity index is 1.62. The Morgan fingerprint density at radius 3 is 2.48 bits per heavy atom. The number of carbonyl (C=O) groups excluding carboxylic acids is 1. The minimum atomic E-state index is 0.111. The second-order valence-electron chi connectivity index (χ2n) is 6.86. The third-order valence-electron chi connectivity index (χ3n) is 4.42. The molecule has 4 heteroatoms. The van der Waals surface area contributed by atoms with Gasteiger partial charge in [-0.15, -0.1) is 0 Å². The molecule has 1 atom stereocenters. The zero-order valence-corrected chi connectivity index (χ0v) is 14.6. The van der Waals surface area contributed by atoms with Crippen molar-refractivity contribution in [2.75, 3.05) is 26.2 Å². The highest BCUT2D eigenvalue weighted by Crippen LogP contribution is 2.18. The lowest BCUT2D eigenvalue weighted by Gasteiger charge is -2.33. The van der Waals surface area contributed by atoms with E-state index in [4.69, 9.17) is 4.74 Å². The maximum Gasteiger partial charge on any atom is 0.225 e. The number of amides is 1. The molecule has 1 aliphatic rings. The second kappa shape index (κ2) is 8.92. The van der Waals surface area contributed by atoms with Gasteiger partial charge in [-0.05, 0) is 44.4 Å². The van der Waals surface area contributed by atoms with Crippen molar-refractivity contribution < 1.29 is 9.53 Å². The normalized spacial score (nSPS) is 17.3. The van der Waals surface area contributed by atoms with Gasteiger partial charge in [0.25, 0.3) is 0 Å². The van der Waals surface area contributed by atoms with E-state index in [-0.39, 0.29) is 5.92 Å². The Morgan fingerprint density at radius 2 is 1.87 bits per heavy atom. The molecule has 23 heavy (non-hydrogen) atoms. The topological polar surface area (TPSA) is 41.6 Å². The summed E-state index contributed by atoms with van der Waals surface area (Å²) < 4.78 is 5.77. The van der Waals surface area contributed by atoms with Crippen molar-refractivity contribution in [3.63, 3.8) is 0 Å². The molecule has 1 aromatic rings.